The molecule has 25 heavy (non-hydrogen) atoms. The maximum atomic E-state index is 14.4. The van der Waals surface area contributed by atoms with Crippen molar-refractivity contribution in [1.82, 2.24) is 0 Å². The average molecular weight is 358 g/mol. The van der Waals surface area contributed by atoms with E-state index in [4.69, 9.17) is 0 Å². The topological polar surface area (TPSA) is 37.3 Å². The first-order valence-electron chi connectivity index (χ1n) is 7.40. The second kappa shape index (κ2) is 6.92. The molecule has 1 atom stereocenters. The second-order valence-electron chi connectivity index (χ2n) is 5.56. The Morgan fingerprint density at radius 2 is 1.32 bits per heavy atom. The molecule has 0 heterocycles. The Kier molecular flexibility index (Phi) is 5.27. The molecule has 0 aliphatic carbocycles. The molecule has 1 unspecified atom stereocenters. The van der Waals surface area contributed by atoms with E-state index in [1.807, 2.05) is 0 Å². The smallest absolute Gasteiger partial charge is 0.371 e. The summed E-state index contributed by atoms with van der Waals surface area (Å²) < 4.78 is 68.8. The lowest BCUT2D eigenvalue weighted by atomic mass is 9.83. The van der Waals surface area contributed by atoms with Gasteiger partial charge in [-0.25, -0.2) is 0 Å². The molecule has 0 saturated carbocycles. The van der Waals surface area contributed by atoms with Gasteiger partial charge in [0.1, 0.15) is 0 Å². The highest BCUT2D eigenvalue weighted by molar-refractivity contribution is 5.87. The Bertz CT molecular complexity index is 713. The predicted molar refractivity (Wildman–Crippen MR) is 81.1 cm³/mol. The van der Waals surface area contributed by atoms with Gasteiger partial charge in [0.05, 0.1) is 0 Å². The van der Waals surface area contributed by atoms with Crippen molar-refractivity contribution in [3.8, 4) is 0 Å². The number of alkyl halides is 5. The predicted octanol–water partition coefficient (Wildman–Crippen LogP) is 4.27. The summed E-state index contributed by atoms with van der Waals surface area (Å²) in [6, 6.07) is 13.0. The first-order valence-corrected chi connectivity index (χ1v) is 7.40. The average Bonchev–Trinajstić information content (AvgIpc) is 2.59. The summed E-state index contributed by atoms with van der Waals surface area (Å²) in [7, 11) is 0. The van der Waals surface area contributed by atoms with Crippen LogP contribution < -0.4 is 0 Å². The molecule has 2 aromatic rings. The van der Waals surface area contributed by atoms with Gasteiger partial charge in [-0.15, -0.1) is 0 Å². The van der Waals surface area contributed by atoms with Crippen molar-refractivity contribution in [1.29, 1.82) is 0 Å². The lowest BCUT2D eigenvalue weighted by Gasteiger charge is -2.36. The number of Topliss-reactive ketones (excluding diaryl/α,β-unsaturated/α-hetero) is 1. The molecule has 0 radical (unpaired) electrons. The third-order valence-electron chi connectivity index (χ3n) is 3.89. The van der Waals surface area contributed by atoms with Crippen LogP contribution in [0.4, 0.5) is 22.0 Å². The Labute approximate surface area is 140 Å². The molecule has 0 spiro atoms. The zero-order chi connectivity index (χ0) is 18.7. The van der Waals surface area contributed by atoms with E-state index in [1.54, 1.807) is 30.3 Å². The molecular weight excluding hydrogens is 343 g/mol. The molecule has 1 N–H and O–H groups in total. The number of aryl methyl sites for hydroxylation is 1. The minimum atomic E-state index is -5.74. The molecule has 0 aliphatic heterocycles. The van der Waals surface area contributed by atoms with E-state index in [2.05, 4.69) is 0 Å². The van der Waals surface area contributed by atoms with Crippen molar-refractivity contribution in [3.63, 3.8) is 0 Å². The molecule has 0 fully saturated rings. The molecule has 0 aliphatic rings. The van der Waals surface area contributed by atoms with E-state index < -0.39 is 35.5 Å². The summed E-state index contributed by atoms with van der Waals surface area (Å²) in [5, 5.41) is 9.92. The van der Waals surface area contributed by atoms with Crippen LogP contribution in [-0.2, 0) is 16.8 Å². The number of aliphatic hydroxyl groups is 1. The Hall–Kier alpha value is -2.28. The zero-order valence-electron chi connectivity index (χ0n) is 12.9. The monoisotopic (exact) mass is 358 g/mol. The number of ketones is 1. The zero-order valence-corrected chi connectivity index (χ0v) is 12.9. The number of hydrogen-bond acceptors (Lipinski definition) is 2. The fourth-order valence-electron chi connectivity index (χ4n) is 2.46. The van der Waals surface area contributed by atoms with Gasteiger partial charge in [-0.2, -0.15) is 22.0 Å². The summed E-state index contributed by atoms with van der Waals surface area (Å²) in [6.07, 6.45) is -6.72. The number of hydrogen-bond donors (Lipinski definition) is 1. The lowest BCUT2D eigenvalue weighted by Crippen LogP contribution is -2.59. The van der Waals surface area contributed by atoms with Crippen molar-refractivity contribution >= 4 is 5.78 Å². The van der Waals surface area contributed by atoms with Gasteiger partial charge >= 0.3 is 12.1 Å². The molecule has 2 rings (SSSR count). The van der Waals surface area contributed by atoms with Crippen LogP contribution in [0.1, 0.15) is 17.5 Å². The third-order valence-corrected chi connectivity index (χ3v) is 3.89. The van der Waals surface area contributed by atoms with Crippen LogP contribution in [-0.4, -0.2) is 23.0 Å². The van der Waals surface area contributed by atoms with Crippen LogP contribution in [0.2, 0.25) is 0 Å². The molecule has 0 amide bonds. The summed E-state index contributed by atoms with van der Waals surface area (Å²) >= 11 is 0. The fraction of sp³-hybridized carbons (Fsp3) is 0.278. The van der Waals surface area contributed by atoms with E-state index >= 15 is 0 Å². The van der Waals surface area contributed by atoms with E-state index in [-0.39, 0.29) is 6.42 Å². The minimum Gasteiger partial charge on any atom is -0.371 e. The van der Waals surface area contributed by atoms with Crippen molar-refractivity contribution in [2.24, 2.45) is 0 Å². The van der Waals surface area contributed by atoms with Crippen LogP contribution in [0, 0.1) is 0 Å². The molecule has 0 saturated heterocycles. The molecule has 2 aromatic carbocycles. The second-order valence-corrected chi connectivity index (χ2v) is 5.56. The minimum absolute atomic E-state index is 0.155. The SMILES string of the molecule is O=C(CCc1ccccc1)C(F)(F)C(O)(c1ccccc1)C(F)(F)F. The summed E-state index contributed by atoms with van der Waals surface area (Å²) in [5.41, 5.74) is -5.14. The molecule has 0 bridgehead atoms. The van der Waals surface area contributed by atoms with Crippen LogP contribution in [0.5, 0.6) is 0 Å². The molecule has 7 heteroatoms. The molecular formula is C18H15F5O2. The van der Waals surface area contributed by atoms with Crippen LogP contribution in [0.25, 0.3) is 0 Å². The highest BCUT2D eigenvalue weighted by Crippen LogP contribution is 2.50. The van der Waals surface area contributed by atoms with Gasteiger partial charge in [0.25, 0.3) is 5.60 Å². The molecule has 0 aromatic heterocycles. The standard InChI is InChI=1S/C18H15F5O2/c19-17(20,15(24)12-11-13-7-3-1-4-8-13)16(25,18(21,22)23)14-9-5-2-6-10-14/h1-10,25H,11-12H2. The van der Waals surface area contributed by atoms with E-state index in [0.29, 0.717) is 17.7 Å². The summed E-state index contributed by atoms with van der Waals surface area (Å²) in [6.45, 7) is 0. The van der Waals surface area contributed by atoms with Gasteiger partial charge in [-0.1, -0.05) is 60.7 Å². The highest BCUT2D eigenvalue weighted by Gasteiger charge is 2.72. The molecule has 134 valence electrons. The largest absolute Gasteiger partial charge is 0.428 e. The van der Waals surface area contributed by atoms with Crippen LogP contribution in [0.15, 0.2) is 60.7 Å². The maximum Gasteiger partial charge on any atom is 0.428 e. The van der Waals surface area contributed by atoms with Gasteiger partial charge in [-0.3, -0.25) is 4.79 Å². The lowest BCUT2D eigenvalue weighted by molar-refractivity contribution is -0.329. The van der Waals surface area contributed by atoms with E-state index in [1.165, 1.54) is 6.07 Å². The van der Waals surface area contributed by atoms with Gasteiger partial charge in [0.15, 0.2) is 0 Å². The van der Waals surface area contributed by atoms with Gasteiger partial charge < -0.3 is 5.11 Å². The Balaban J connectivity index is 2.33. The van der Waals surface area contributed by atoms with E-state index in [0.717, 1.165) is 12.1 Å². The normalized spacial score (nSPS) is 14.8. The quantitative estimate of drug-likeness (QED) is 0.783. The maximum absolute atomic E-state index is 14.4. The summed E-state index contributed by atoms with van der Waals surface area (Å²) in [4.78, 5) is 11.9. The number of carbonyl (C=O) groups is 1. The number of rotatable bonds is 6. The van der Waals surface area contributed by atoms with E-state index in [9.17, 15) is 31.9 Å². The van der Waals surface area contributed by atoms with Crippen molar-refractivity contribution in [3.05, 3.63) is 71.8 Å². The Morgan fingerprint density at radius 1 is 0.840 bits per heavy atom. The van der Waals surface area contributed by atoms with Gasteiger partial charge in [0.2, 0.25) is 5.78 Å². The third kappa shape index (κ3) is 3.56. The highest BCUT2D eigenvalue weighted by atomic mass is 19.4. The van der Waals surface area contributed by atoms with Gasteiger partial charge in [-0.05, 0) is 17.5 Å². The van der Waals surface area contributed by atoms with Crippen molar-refractivity contribution in [2.75, 3.05) is 0 Å². The first-order chi connectivity index (χ1) is 11.6. The first kappa shape index (κ1) is 19.1. The molecule has 2 nitrogen and oxygen atoms in total. The Morgan fingerprint density at radius 3 is 1.80 bits per heavy atom. The van der Waals surface area contributed by atoms with Crippen molar-refractivity contribution in [2.45, 2.75) is 30.5 Å². The number of halogens is 5. The van der Waals surface area contributed by atoms with Crippen LogP contribution >= 0.6 is 0 Å². The van der Waals surface area contributed by atoms with Crippen molar-refractivity contribution < 1.29 is 31.9 Å². The number of carbonyl (C=O) groups excluding carboxylic acids is 1. The van der Waals surface area contributed by atoms with Crippen LogP contribution in [0.3, 0.4) is 0 Å². The van der Waals surface area contributed by atoms with Gasteiger partial charge in [0, 0.05) is 6.42 Å². The number of benzene rings is 2. The summed E-state index contributed by atoms with van der Waals surface area (Å²) in [5.74, 6) is -7.00. The fourth-order valence-corrected chi connectivity index (χ4v) is 2.46.